The number of halogens is 1. The van der Waals surface area contributed by atoms with Crippen LogP contribution in [0.3, 0.4) is 0 Å². The van der Waals surface area contributed by atoms with Gasteiger partial charge in [0, 0.05) is 25.1 Å². The highest BCUT2D eigenvalue weighted by atomic mass is 19.1. The maximum Gasteiger partial charge on any atom is 0.259 e. The largest absolute Gasteiger partial charge is 0.368 e. The van der Waals surface area contributed by atoms with Gasteiger partial charge in [-0.2, -0.15) is 10.1 Å². The molecule has 0 saturated carbocycles. The second-order valence-corrected chi connectivity index (χ2v) is 5.53. The van der Waals surface area contributed by atoms with Crippen LogP contribution in [0.25, 0.3) is 22.8 Å². The number of pyridine rings is 1. The summed E-state index contributed by atoms with van der Waals surface area (Å²) >= 11 is 0. The predicted molar refractivity (Wildman–Crippen MR) is 93.6 cm³/mol. The van der Waals surface area contributed by atoms with Crippen LogP contribution in [0, 0.1) is 5.82 Å². The van der Waals surface area contributed by atoms with Gasteiger partial charge in [-0.1, -0.05) is 17.3 Å². The van der Waals surface area contributed by atoms with E-state index >= 15 is 0 Å². The molecule has 0 aliphatic rings. The van der Waals surface area contributed by atoms with Crippen molar-refractivity contribution in [3.63, 3.8) is 0 Å². The van der Waals surface area contributed by atoms with E-state index in [9.17, 15) is 4.39 Å². The van der Waals surface area contributed by atoms with E-state index in [1.807, 2.05) is 29.1 Å². The van der Waals surface area contributed by atoms with Gasteiger partial charge in [0.2, 0.25) is 5.82 Å². The average molecular weight is 350 g/mol. The molecule has 0 unspecified atom stereocenters. The molecule has 26 heavy (non-hydrogen) atoms. The summed E-state index contributed by atoms with van der Waals surface area (Å²) in [5, 5.41) is 11.2. The van der Waals surface area contributed by atoms with E-state index < -0.39 is 5.82 Å². The van der Waals surface area contributed by atoms with Gasteiger partial charge in [0.25, 0.3) is 5.89 Å². The van der Waals surface area contributed by atoms with Crippen molar-refractivity contribution in [2.24, 2.45) is 0 Å². The van der Waals surface area contributed by atoms with Crippen LogP contribution in [0.4, 0.5) is 10.2 Å². The lowest BCUT2D eigenvalue weighted by Crippen LogP contribution is -2.11. The minimum absolute atomic E-state index is 0.208. The third-order valence-electron chi connectivity index (χ3n) is 3.76. The number of rotatable bonds is 6. The molecule has 1 N–H and O–H groups in total. The molecule has 0 saturated heterocycles. The van der Waals surface area contributed by atoms with Crippen LogP contribution in [0.2, 0.25) is 0 Å². The third-order valence-corrected chi connectivity index (χ3v) is 3.76. The zero-order valence-electron chi connectivity index (χ0n) is 13.7. The van der Waals surface area contributed by atoms with Crippen molar-refractivity contribution in [1.29, 1.82) is 0 Å². The summed E-state index contributed by atoms with van der Waals surface area (Å²) in [6.45, 7) is 1.44. The van der Waals surface area contributed by atoms with E-state index in [2.05, 4.69) is 25.5 Å². The van der Waals surface area contributed by atoms with Crippen LogP contribution in [0.1, 0.15) is 0 Å². The summed E-state index contributed by atoms with van der Waals surface area (Å²) in [5.41, 5.74) is 0.963. The summed E-state index contributed by atoms with van der Waals surface area (Å²) in [6, 6.07) is 11.8. The van der Waals surface area contributed by atoms with Gasteiger partial charge in [-0.25, -0.2) is 9.37 Å². The van der Waals surface area contributed by atoms with Crippen LogP contribution >= 0.6 is 0 Å². The smallest absolute Gasteiger partial charge is 0.259 e. The molecule has 0 spiro atoms. The van der Waals surface area contributed by atoms with Crippen LogP contribution in [-0.4, -0.2) is 31.4 Å². The minimum atomic E-state index is -0.394. The molecule has 0 aliphatic carbocycles. The molecule has 0 radical (unpaired) electrons. The lowest BCUT2D eigenvalue weighted by Gasteiger charge is -2.05. The number of aromatic nitrogens is 5. The third kappa shape index (κ3) is 3.44. The molecule has 130 valence electrons. The van der Waals surface area contributed by atoms with Crippen LogP contribution < -0.4 is 5.32 Å². The van der Waals surface area contributed by atoms with Crippen LogP contribution in [0.15, 0.2) is 65.6 Å². The molecule has 4 aromatic rings. The Labute approximate surface area is 148 Å². The Morgan fingerprint density at radius 1 is 1.12 bits per heavy atom. The van der Waals surface area contributed by atoms with Gasteiger partial charge in [-0.3, -0.25) is 4.68 Å². The van der Waals surface area contributed by atoms with Crippen molar-refractivity contribution >= 4 is 5.82 Å². The monoisotopic (exact) mass is 350 g/mol. The van der Waals surface area contributed by atoms with E-state index in [-0.39, 0.29) is 5.82 Å². The lowest BCUT2D eigenvalue weighted by atomic mass is 10.2. The number of anilines is 1. The molecule has 0 fully saturated rings. The first-order chi connectivity index (χ1) is 12.8. The quantitative estimate of drug-likeness (QED) is 0.575. The first-order valence-electron chi connectivity index (χ1n) is 8.06. The van der Waals surface area contributed by atoms with Crippen LogP contribution in [0.5, 0.6) is 0 Å². The molecule has 3 aromatic heterocycles. The van der Waals surface area contributed by atoms with E-state index in [1.54, 1.807) is 30.6 Å². The molecule has 8 heteroatoms. The molecule has 4 rings (SSSR count). The van der Waals surface area contributed by atoms with Gasteiger partial charge >= 0.3 is 0 Å². The van der Waals surface area contributed by atoms with Crippen LogP contribution in [-0.2, 0) is 6.54 Å². The Bertz CT molecular complexity index is 981. The molecule has 1 aromatic carbocycles. The Morgan fingerprint density at radius 2 is 2.04 bits per heavy atom. The minimum Gasteiger partial charge on any atom is -0.368 e. The highest BCUT2D eigenvalue weighted by Gasteiger charge is 2.13. The second kappa shape index (κ2) is 7.14. The number of nitrogens with zero attached hydrogens (tertiary/aromatic N) is 5. The van der Waals surface area contributed by atoms with Crippen molar-refractivity contribution in [1.82, 2.24) is 24.9 Å². The molecule has 0 bridgehead atoms. The number of nitrogens with one attached hydrogen (secondary N) is 1. The molecular formula is C18H15FN6O. The summed E-state index contributed by atoms with van der Waals surface area (Å²) in [7, 11) is 0. The molecule has 0 aliphatic heterocycles. The molecule has 3 heterocycles. The molecular weight excluding hydrogens is 335 g/mol. The Kier molecular flexibility index (Phi) is 4.38. The van der Waals surface area contributed by atoms with E-state index in [1.165, 1.54) is 6.07 Å². The fraction of sp³-hybridized carbons (Fsp3) is 0.111. The first-order valence-corrected chi connectivity index (χ1v) is 8.06. The zero-order valence-corrected chi connectivity index (χ0v) is 13.7. The highest BCUT2D eigenvalue weighted by molar-refractivity contribution is 5.60. The normalized spacial score (nSPS) is 10.8. The molecule has 0 amide bonds. The Balaban J connectivity index is 1.43. The Morgan fingerprint density at radius 3 is 2.81 bits per heavy atom. The zero-order chi connectivity index (χ0) is 17.8. The highest BCUT2D eigenvalue weighted by Crippen LogP contribution is 2.24. The van der Waals surface area contributed by atoms with E-state index in [0.29, 0.717) is 23.6 Å². The van der Waals surface area contributed by atoms with Gasteiger partial charge in [-0.05, 0) is 30.3 Å². The van der Waals surface area contributed by atoms with Gasteiger partial charge in [0.1, 0.15) is 11.6 Å². The standard InChI is InChI=1S/C18H15FN6O/c19-15-5-2-1-4-14(15)17-23-18(26-24-17)13-6-7-16(21-12-13)20-9-11-25-10-3-8-22-25/h1-8,10,12H,9,11H2,(H,20,21). The fourth-order valence-corrected chi connectivity index (χ4v) is 2.45. The van der Waals surface area contributed by atoms with Crippen molar-refractivity contribution in [2.75, 3.05) is 11.9 Å². The number of hydrogen-bond acceptors (Lipinski definition) is 6. The summed E-state index contributed by atoms with van der Waals surface area (Å²) < 4.78 is 20.9. The predicted octanol–water partition coefficient (Wildman–Crippen LogP) is 3.25. The second-order valence-electron chi connectivity index (χ2n) is 5.53. The van der Waals surface area contributed by atoms with E-state index in [4.69, 9.17) is 4.52 Å². The molecule has 7 nitrogen and oxygen atoms in total. The van der Waals surface area contributed by atoms with E-state index in [0.717, 1.165) is 12.4 Å². The molecule has 0 atom stereocenters. The number of hydrogen-bond donors (Lipinski definition) is 1. The van der Waals surface area contributed by atoms with Gasteiger partial charge < -0.3 is 9.84 Å². The lowest BCUT2D eigenvalue weighted by molar-refractivity contribution is 0.431. The maximum atomic E-state index is 13.8. The SMILES string of the molecule is Fc1ccccc1-c1noc(-c2ccc(NCCn3cccn3)nc2)n1. The van der Waals surface area contributed by atoms with Gasteiger partial charge in [-0.15, -0.1) is 0 Å². The average Bonchev–Trinajstić information content (AvgIpc) is 3.35. The topological polar surface area (TPSA) is 81.7 Å². The van der Waals surface area contributed by atoms with Gasteiger partial charge in [0.05, 0.1) is 17.7 Å². The first kappa shape index (κ1) is 15.9. The van der Waals surface area contributed by atoms with Crippen molar-refractivity contribution in [3.05, 3.63) is 66.9 Å². The van der Waals surface area contributed by atoms with Crippen molar-refractivity contribution in [2.45, 2.75) is 6.54 Å². The van der Waals surface area contributed by atoms with Crippen molar-refractivity contribution in [3.8, 4) is 22.8 Å². The number of benzene rings is 1. The summed E-state index contributed by atoms with van der Waals surface area (Å²) in [5.74, 6) is 0.836. The maximum absolute atomic E-state index is 13.8. The Hall–Kier alpha value is -3.55. The van der Waals surface area contributed by atoms with Gasteiger partial charge in [0.15, 0.2) is 0 Å². The summed E-state index contributed by atoms with van der Waals surface area (Å²) in [4.78, 5) is 8.58. The summed E-state index contributed by atoms with van der Waals surface area (Å²) in [6.07, 6.45) is 5.28. The van der Waals surface area contributed by atoms with Crippen molar-refractivity contribution < 1.29 is 8.91 Å². The fourth-order valence-electron chi connectivity index (χ4n) is 2.45.